The third-order valence-electron chi connectivity index (χ3n) is 5.15. The number of esters is 5. The van der Waals surface area contributed by atoms with E-state index in [1.807, 2.05) is 0 Å². The van der Waals surface area contributed by atoms with Gasteiger partial charge >= 0.3 is 29.8 Å². The predicted octanol–water partition coefficient (Wildman–Crippen LogP) is 2.70. The Hall–Kier alpha value is -2.98. The van der Waals surface area contributed by atoms with E-state index in [0.717, 1.165) is 0 Å². The van der Waals surface area contributed by atoms with Crippen LogP contribution in [0.2, 0.25) is 0 Å². The molecule has 0 aromatic rings. The largest absolute Gasteiger partial charge is 0.465 e. The Kier molecular flexibility index (Phi) is 13.3. The highest BCUT2D eigenvalue weighted by Gasteiger charge is 2.45. The van der Waals surface area contributed by atoms with Gasteiger partial charge in [-0.1, -0.05) is 20.8 Å². The Labute approximate surface area is 212 Å². The molecular formula is C25H40O11. The number of hydrogen-bond acceptors (Lipinski definition) is 11. The van der Waals surface area contributed by atoms with Gasteiger partial charge in [-0.05, 0) is 34.6 Å². The summed E-state index contributed by atoms with van der Waals surface area (Å²) in [5.41, 5.74) is -4.10. The van der Waals surface area contributed by atoms with Crippen LogP contribution in [0.3, 0.4) is 0 Å². The molecule has 0 N–H and O–H groups in total. The van der Waals surface area contributed by atoms with Gasteiger partial charge in [0, 0.05) is 19.3 Å². The van der Waals surface area contributed by atoms with Crippen LogP contribution < -0.4 is 0 Å². The molecule has 0 spiro atoms. The van der Waals surface area contributed by atoms with Crippen molar-refractivity contribution >= 4 is 35.6 Å². The van der Waals surface area contributed by atoms with Gasteiger partial charge in [0.25, 0.3) is 0 Å². The molecule has 0 radical (unpaired) electrons. The van der Waals surface area contributed by atoms with Crippen LogP contribution in [-0.4, -0.2) is 67.7 Å². The molecule has 206 valence electrons. The maximum Gasteiger partial charge on any atom is 0.320 e. The van der Waals surface area contributed by atoms with Gasteiger partial charge in [0.2, 0.25) is 0 Å². The molecule has 0 aliphatic heterocycles. The van der Waals surface area contributed by atoms with E-state index in [-0.39, 0.29) is 39.1 Å². The summed E-state index contributed by atoms with van der Waals surface area (Å²) in [5, 5.41) is 0. The fraction of sp³-hybridized carbons (Fsp3) is 0.760. The maximum absolute atomic E-state index is 12.8. The van der Waals surface area contributed by atoms with E-state index >= 15 is 0 Å². The number of ketones is 1. The van der Waals surface area contributed by atoms with Crippen molar-refractivity contribution < 1.29 is 52.5 Å². The lowest BCUT2D eigenvalue weighted by Gasteiger charge is -2.32. The minimum Gasteiger partial charge on any atom is -0.465 e. The summed E-state index contributed by atoms with van der Waals surface area (Å²) in [4.78, 5) is 73.1. The van der Waals surface area contributed by atoms with Crippen LogP contribution in [0.25, 0.3) is 0 Å². The minimum atomic E-state index is -1.80. The van der Waals surface area contributed by atoms with E-state index in [4.69, 9.17) is 23.7 Å². The SMILES string of the molecule is CCC(=O)OCC(COC(=O)CC)(COC(=O)CC)COC(=O)CC(C)(C(C)=O)C(=O)OC(C)(C)C. The Morgan fingerprint density at radius 2 is 0.917 bits per heavy atom. The fourth-order valence-electron chi connectivity index (χ4n) is 2.56. The van der Waals surface area contributed by atoms with E-state index in [1.54, 1.807) is 41.5 Å². The topological polar surface area (TPSA) is 149 Å². The van der Waals surface area contributed by atoms with Crippen molar-refractivity contribution in [1.82, 2.24) is 0 Å². The van der Waals surface area contributed by atoms with Crippen LogP contribution in [0.5, 0.6) is 0 Å². The summed E-state index contributed by atoms with van der Waals surface area (Å²) in [6.45, 7) is 10.5. The summed E-state index contributed by atoms with van der Waals surface area (Å²) in [6, 6.07) is 0. The average molecular weight is 517 g/mol. The third-order valence-corrected chi connectivity index (χ3v) is 5.15. The normalized spacial score (nSPS) is 13.1. The molecule has 0 amide bonds. The quantitative estimate of drug-likeness (QED) is 0.180. The molecule has 0 saturated carbocycles. The van der Waals surface area contributed by atoms with Gasteiger partial charge in [-0.3, -0.25) is 28.8 Å². The van der Waals surface area contributed by atoms with Crippen molar-refractivity contribution in [3.05, 3.63) is 0 Å². The van der Waals surface area contributed by atoms with E-state index in [9.17, 15) is 28.8 Å². The first-order valence-corrected chi connectivity index (χ1v) is 11.9. The van der Waals surface area contributed by atoms with Crippen LogP contribution >= 0.6 is 0 Å². The molecule has 0 fully saturated rings. The van der Waals surface area contributed by atoms with Gasteiger partial charge in [-0.15, -0.1) is 0 Å². The summed E-state index contributed by atoms with van der Waals surface area (Å²) in [5.74, 6) is -4.09. The van der Waals surface area contributed by atoms with Crippen molar-refractivity contribution in [1.29, 1.82) is 0 Å². The molecular weight excluding hydrogens is 476 g/mol. The monoisotopic (exact) mass is 516 g/mol. The Balaban J connectivity index is 5.82. The summed E-state index contributed by atoms with van der Waals surface area (Å²) in [6.07, 6.45) is -0.434. The third kappa shape index (κ3) is 11.6. The highest BCUT2D eigenvalue weighted by Crippen LogP contribution is 2.29. The molecule has 0 aromatic heterocycles. The van der Waals surface area contributed by atoms with Crippen LogP contribution in [0.1, 0.15) is 81.1 Å². The number of carbonyl (C=O) groups is 6. The highest BCUT2D eigenvalue weighted by molar-refractivity contribution is 6.05. The second-order valence-electron chi connectivity index (χ2n) is 9.77. The molecule has 0 aliphatic rings. The lowest BCUT2D eigenvalue weighted by atomic mass is 9.82. The summed E-state index contributed by atoms with van der Waals surface area (Å²) < 4.78 is 26.3. The highest BCUT2D eigenvalue weighted by atomic mass is 16.6. The summed E-state index contributed by atoms with van der Waals surface area (Å²) in [7, 11) is 0. The van der Waals surface area contributed by atoms with Gasteiger partial charge in [-0.2, -0.15) is 0 Å². The molecule has 36 heavy (non-hydrogen) atoms. The molecule has 0 aliphatic carbocycles. The molecule has 0 bridgehead atoms. The van der Waals surface area contributed by atoms with E-state index < -0.39 is 65.1 Å². The first-order chi connectivity index (χ1) is 16.5. The number of hydrogen-bond donors (Lipinski definition) is 0. The first kappa shape index (κ1) is 33.0. The van der Waals surface area contributed by atoms with E-state index in [1.165, 1.54) is 13.8 Å². The van der Waals surface area contributed by atoms with Crippen molar-refractivity contribution in [2.45, 2.75) is 86.7 Å². The minimum absolute atomic E-state index is 0.0617. The second-order valence-corrected chi connectivity index (χ2v) is 9.77. The van der Waals surface area contributed by atoms with Gasteiger partial charge in [-0.25, -0.2) is 0 Å². The van der Waals surface area contributed by atoms with E-state index in [0.29, 0.717) is 0 Å². The van der Waals surface area contributed by atoms with Crippen LogP contribution in [0.15, 0.2) is 0 Å². The number of ether oxygens (including phenoxy) is 5. The zero-order valence-corrected chi connectivity index (χ0v) is 22.6. The van der Waals surface area contributed by atoms with Gasteiger partial charge in [0.15, 0.2) is 0 Å². The standard InChI is InChI=1S/C25H40O11/c1-9-18(27)32-13-25(14-33-19(28)10-2,15-34-20(29)11-3)16-35-21(30)12-24(8,17(4)26)22(31)36-23(5,6)7/h9-16H2,1-8H3. The van der Waals surface area contributed by atoms with Crippen LogP contribution in [0, 0.1) is 10.8 Å². The fourth-order valence-corrected chi connectivity index (χ4v) is 2.56. The molecule has 0 heterocycles. The zero-order chi connectivity index (χ0) is 28.2. The van der Waals surface area contributed by atoms with Crippen molar-refractivity contribution in [2.75, 3.05) is 26.4 Å². The number of rotatable bonds is 15. The zero-order valence-electron chi connectivity index (χ0n) is 22.6. The molecule has 0 rings (SSSR count). The van der Waals surface area contributed by atoms with Crippen molar-refractivity contribution in [3.63, 3.8) is 0 Å². The van der Waals surface area contributed by atoms with E-state index in [2.05, 4.69) is 0 Å². The lowest BCUT2D eigenvalue weighted by Crippen LogP contribution is -2.45. The molecule has 0 saturated heterocycles. The molecule has 1 atom stereocenters. The average Bonchev–Trinajstić information content (AvgIpc) is 2.80. The Morgan fingerprint density at radius 3 is 1.19 bits per heavy atom. The number of Topliss-reactive ketones (excluding diaryl/α,β-unsaturated/α-hetero) is 1. The Morgan fingerprint density at radius 1 is 0.583 bits per heavy atom. The van der Waals surface area contributed by atoms with Crippen molar-refractivity contribution in [2.24, 2.45) is 10.8 Å². The van der Waals surface area contributed by atoms with Gasteiger partial charge in [0.1, 0.15) is 48.6 Å². The molecule has 0 aromatic carbocycles. The molecule has 1 unspecified atom stereocenters. The Bertz CT molecular complexity index is 759. The van der Waals surface area contributed by atoms with Crippen LogP contribution in [0.4, 0.5) is 0 Å². The molecule has 11 nitrogen and oxygen atoms in total. The van der Waals surface area contributed by atoms with Crippen LogP contribution in [-0.2, 0) is 52.5 Å². The molecule has 11 heteroatoms. The van der Waals surface area contributed by atoms with Gasteiger partial charge < -0.3 is 23.7 Å². The lowest BCUT2D eigenvalue weighted by molar-refractivity contribution is -0.178. The predicted molar refractivity (Wildman–Crippen MR) is 126 cm³/mol. The smallest absolute Gasteiger partial charge is 0.320 e. The van der Waals surface area contributed by atoms with Gasteiger partial charge in [0.05, 0.1) is 6.42 Å². The number of carbonyl (C=O) groups excluding carboxylic acids is 6. The van der Waals surface area contributed by atoms with Crippen molar-refractivity contribution in [3.8, 4) is 0 Å². The first-order valence-electron chi connectivity index (χ1n) is 11.9. The maximum atomic E-state index is 12.8. The summed E-state index contributed by atoms with van der Waals surface area (Å²) >= 11 is 0. The second kappa shape index (κ2) is 14.5.